The molecule has 26 heavy (non-hydrogen) atoms. The van der Waals surface area contributed by atoms with Gasteiger partial charge in [0.2, 0.25) is 0 Å². The van der Waals surface area contributed by atoms with Crippen molar-refractivity contribution in [1.29, 1.82) is 0 Å². The molecule has 0 aromatic heterocycles. The number of benzene rings is 1. The molecule has 1 aliphatic heterocycles. The molecule has 0 bridgehead atoms. The number of methoxy groups -OCH3 is 1. The molecule has 0 radical (unpaired) electrons. The van der Waals surface area contributed by atoms with Crippen LogP contribution in [0, 0.1) is 11.8 Å². The number of aliphatic imine (C=N–C) groups is 1. The summed E-state index contributed by atoms with van der Waals surface area (Å²) in [5.74, 6) is 2.03. The Morgan fingerprint density at radius 3 is 2.81 bits per heavy atom. The van der Waals surface area contributed by atoms with Gasteiger partial charge in [-0.05, 0) is 24.8 Å². The lowest BCUT2D eigenvalue weighted by Gasteiger charge is -2.22. The van der Waals surface area contributed by atoms with Crippen molar-refractivity contribution in [3.8, 4) is 0 Å². The van der Waals surface area contributed by atoms with Crippen LogP contribution >= 0.6 is 24.0 Å². The first kappa shape index (κ1) is 23.2. The Kier molecular flexibility index (Phi) is 11.9. The summed E-state index contributed by atoms with van der Waals surface area (Å²) in [6.45, 7) is 10.3. The molecule has 1 saturated heterocycles. The first-order valence-electron chi connectivity index (χ1n) is 9.36. The summed E-state index contributed by atoms with van der Waals surface area (Å²) in [6.07, 6.45) is 1.17. The molecule has 0 amide bonds. The summed E-state index contributed by atoms with van der Waals surface area (Å²) in [7, 11) is 1.78. The molecule has 6 heteroatoms. The Morgan fingerprint density at radius 2 is 2.12 bits per heavy atom. The van der Waals surface area contributed by atoms with Crippen molar-refractivity contribution in [1.82, 2.24) is 10.2 Å². The molecular formula is C20H34IN3O2. The average molecular weight is 475 g/mol. The van der Waals surface area contributed by atoms with E-state index >= 15 is 0 Å². The van der Waals surface area contributed by atoms with E-state index in [1.165, 1.54) is 12.0 Å². The predicted octanol–water partition coefficient (Wildman–Crippen LogP) is 3.39. The minimum Gasteiger partial charge on any atom is -0.384 e. The molecule has 1 aromatic carbocycles. The fourth-order valence-electron chi connectivity index (χ4n) is 3.07. The molecule has 0 aliphatic carbocycles. The maximum atomic E-state index is 5.83. The zero-order valence-electron chi connectivity index (χ0n) is 16.3. The third-order valence-corrected chi connectivity index (χ3v) is 4.39. The van der Waals surface area contributed by atoms with Gasteiger partial charge in [-0.2, -0.15) is 0 Å². The Morgan fingerprint density at radius 1 is 1.35 bits per heavy atom. The zero-order valence-corrected chi connectivity index (χ0v) is 18.6. The van der Waals surface area contributed by atoms with Crippen molar-refractivity contribution >= 4 is 29.9 Å². The van der Waals surface area contributed by atoms with E-state index in [0.717, 1.165) is 45.4 Å². The number of hydrogen-bond donors (Lipinski definition) is 1. The van der Waals surface area contributed by atoms with E-state index in [1.807, 2.05) is 18.2 Å². The SMILES string of the molecule is CCNC(=NCC(C)COCc1ccccc1)N1CCC(COC)C1.I. The van der Waals surface area contributed by atoms with Crippen LogP contribution in [-0.4, -0.2) is 57.4 Å². The number of ether oxygens (including phenoxy) is 2. The highest BCUT2D eigenvalue weighted by Crippen LogP contribution is 2.16. The van der Waals surface area contributed by atoms with Gasteiger partial charge in [0.15, 0.2) is 5.96 Å². The average Bonchev–Trinajstić information content (AvgIpc) is 3.08. The smallest absolute Gasteiger partial charge is 0.193 e. The number of nitrogens with one attached hydrogen (secondary N) is 1. The van der Waals surface area contributed by atoms with E-state index in [9.17, 15) is 0 Å². The second kappa shape index (κ2) is 13.3. The lowest BCUT2D eigenvalue weighted by atomic mass is 10.1. The minimum atomic E-state index is 0. The van der Waals surface area contributed by atoms with Gasteiger partial charge in [-0.15, -0.1) is 24.0 Å². The van der Waals surface area contributed by atoms with Crippen molar-refractivity contribution in [2.45, 2.75) is 26.9 Å². The van der Waals surface area contributed by atoms with E-state index in [4.69, 9.17) is 14.5 Å². The molecule has 2 unspecified atom stereocenters. The van der Waals surface area contributed by atoms with Crippen molar-refractivity contribution in [2.24, 2.45) is 16.8 Å². The standard InChI is InChI=1S/C20H33N3O2.HI/c1-4-21-20(23-11-10-19(13-23)15-24-3)22-12-17(2)14-25-16-18-8-6-5-7-9-18;/h5-9,17,19H,4,10-16H2,1-3H3,(H,21,22);1H. The number of likely N-dealkylation sites (tertiary alicyclic amines) is 1. The second-order valence-corrected chi connectivity index (χ2v) is 6.86. The molecule has 148 valence electrons. The largest absolute Gasteiger partial charge is 0.384 e. The first-order valence-corrected chi connectivity index (χ1v) is 9.36. The fourth-order valence-corrected chi connectivity index (χ4v) is 3.07. The van der Waals surface area contributed by atoms with Crippen LogP contribution in [0.3, 0.4) is 0 Å². The van der Waals surface area contributed by atoms with E-state index in [2.05, 4.69) is 36.2 Å². The van der Waals surface area contributed by atoms with Gasteiger partial charge in [0.1, 0.15) is 0 Å². The van der Waals surface area contributed by atoms with E-state index in [-0.39, 0.29) is 24.0 Å². The predicted molar refractivity (Wildman–Crippen MR) is 118 cm³/mol. The van der Waals surface area contributed by atoms with Crippen LogP contribution in [0.4, 0.5) is 0 Å². The molecule has 1 aliphatic rings. The Labute approximate surface area is 175 Å². The number of halogens is 1. The number of guanidine groups is 1. The third-order valence-electron chi connectivity index (χ3n) is 4.39. The van der Waals surface area contributed by atoms with Crippen LogP contribution in [-0.2, 0) is 16.1 Å². The molecular weight excluding hydrogens is 441 g/mol. The zero-order chi connectivity index (χ0) is 17.9. The third kappa shape index (κ3) is 8.22. The molecule has 2 atom stereocenters. The number of hydrogen-bond acceptors (Lipinski definition) is 3. The second-order valence-electron chi connectivity index (χ2n) is 6.86. The quantitative estimate of drug-likeness (QED) is 0.338. The molecule has 1 heterocycles. The highest BCUT2D eigenvalue weighted by Gasteiger charge is 2.24. The van der Waals surface area contributed by atoms with Gasteiger partial charge in [0.05, 0.1) is 19.8 Å². The van der Waals surface area contributed by atoms with Gasteiger partial charge in [0, 0.05) is 39.2 Å². The summed E-state index contributed by atoms with van der Waals surface area (Å²) in [5.41, 5.74) is 1.22. The number of nitrogens with zero attached hydrogens (tertiary/aromatic N) is 2. The minimum absolute atomic E-state index is 0. The monoisotopic (exact) mass is 475 g/mol. The first-order chi connectivity index (χ1) is 12.2. The molecule has 0 saturated carbocycles. The van der Waals surface area contributed by atoms with E-state index in [1.54, 1.807) is 7.11 Å². The van der Waals surface area contributed by atoms with Crippen LogP contribution < -0.4 is 5.32 Å². The highest BCUT2D eigenvalue weighted by molar-refractivity contribution is 14.0. The van der Waals surface area contributed by atoms with Crippen LogP contribution in [0.25, 0.3) is 0 Å². The fraction of sp³-hybridized carbons (Fsp3) is 0.650. The summed E-state index contributed by atoms with van der Waals surface area (Å²) < 4.78 is 11.1. The van der Waals surface area contributed by atoms with Gasteiger partial charge in [0.25, 0.3) is 0 Å². The summed E-state index contributed by atoms with van der Waals surface area (Å²) in [6, 6.07) is 10.3. The summed E-state index contributed by atoms with van der Waals surface area (Å²) >= 11 is 0. The molecule has 1 fully saturated rings. The molecule has 2 rings (SSSR count). The van der Waals surface area contributed by atoms with Gasteiger partial charge >= 0.3 is 0 Å². The van der Waals surface area contributed by atoms with Crippen molar-refractivity contribution < 1.29 is 9.47 Å². The van der Waals surface area contributed by atoms with Crippen molar-refractivity contribution in [3.63, 3.8) is 0 Å². The number of rotatable bonds is 9. The Balaban J connectivity index is 0.00000338. The van der Waals surface area contributed by atoms with Crippen molar-refractivity contribution in [3.05, 3.63) is 35.9 Å². The maximum absolute atomic E-state index is 5.83. The van der Waals surface area contributed by atoms with Crippen molar-refractivity contribution in [2.75, 3.05) is 46.5 Å². The summed E-state index contributed by atoms with van der Waals surface area (Å²) in [5, 5.41) is 3.42. The lowest BCUT2D eigenvalue weighted by molar-refractivity contribution is 0.0944. The lowest BCUT2D eigenvalue weighted by Crippen LogP contribution is -2.40. The Bertz CT molecular complexity index is 513. The maximum Gasteiger partial charge on any atom is 0.193 e. The van der Waals surface area contributed by atoms with Gasteiger partial charge < -0.3 is 19.7 Å². The van der Waals surface area contributed by atoms with Crippen LogP contribution in [0.5, 0.6) is 0 Å². The van der Waals surface area contributed by atoms with Crippen LogP contribution in [0.2, 0.25) is 0 Å². The molecule has 1 N–H and O–H groups in total. The Hall–Kier alpha value is -0.860. The molecule has 1 aromatic rings. The van der Waals surface area contributed by atoms with Gasteiger partial charge in [-0.1, -0.05) is 37.3 Å². The van der Waals surface area contributed by atoms with Crippen LogP contribution in [0.15, 0.2) is 35.3 Å². The molecule has 0 spiro atoms. The van der Waals surface area contributed by atoms with E-state index in [0.29, 0.717) is 18.4 Å². The molecule has 5 nitrogen and oxygen atoms in total. The van der Waals surface area contributed by atoms with Gasteiger partial charge in [-0.25, -0.2) is 0 Å². The summed E-state index contributed by atoms with van der Waals surface area (Å²) in [4.78, 5) is 7.18. The van der Waals surface area contributed by atoms with Crippen LogP contribution in [0.1, 0.15) is 25.8 Å². The topological polar surface area (TPSA) is 46.1 Å². The van der Waals surface area contributed by atoms with Gasteiger partial charge in [-0.3, -0.25) is 4.99 Å². The van der Waals surface area contributed by atoms with E-state index < -0.39 is 0 Å². The highest BCUT2D eigenvalue weighted by atomic mass is 127. The normalized spacial score (nSPS) is 18.5.